The molecule has 1 aliphatic rings. The van der Waals surface area contributed by atoms with Crippen LogP contribution in [-0.2, 0) is 23.8 Å². The second-order valence-electron chi connectivity index (χ2n) is 6.11. The lowest BCUT2D eigenvalue weighted by molar-refractivity contribution is -0.328. The molecule has 0 aromatic heterocycles. The summed E-state index contributed by atoms with van der Waals surface area (Å²) in [6, 6.07) is -1.47. The Morgan fingerprint density at radius 2 is 1.89 bits per heavy atom. The second-order valence-corrected chi connectivity index (χ2v) is 6.11. The van der Waals surface area contributed by atoms with Crippen LogP contribution in [-0.4, -0.2) is 118 Å². The van der Waals surface area contributed by atoms with Crippen LogP contribution in [0.3, 0.4) is 0 Å². The molecular formula is C15H27NO11. The summed E-state index contributed by atoms with van der Waals surface area (Å²) in [4.78, 5) is 22.3. The predicted molar refractivity (Wildman–Crippen MR) is 86.2 cm³/mol. The van der Waals surface area contributed by atoms with Crippen molar-refractivity contribution >= 4 is 12.2 Å². The van der Waals surface area contributed by atoms with Crippen molar-refractivity contribution in [1.29, 1.82) is 0 Å². The summed E-state index contributed by atoms with van der Waals surface area (Å²) >= 11 is 0. The molecule has 1 fully saturated rings. The molecule has 1 aliphatic heterocycles. The number of rotatable bonds is 10. The van der Waals surface area contributed by atoms with Gasteiger partial charge in [0.1, 0.15) is 55.1 Å². The average Bonchev–Trinajstić information content (AvgIpc) is 2.65. The van der Waals surface area contributed by atoms with Crippen LogP contribution in [0.2, 0.25) is 0 Å². The van der Waals surface area contributed by atoms with Crippen LogP contribution in [0.15, 0.2) is 0 Å². The van der Waals surface area contributed by atoms with Gasteiger partial charge in [-0.2, -0.15) is 0 Å². The van der Waals surface area contributed by atoms with Crippen molar-refractivity contribution in [1.82, 2.24) is 5.32 Å². The van der Waals surface area contributed by atoms with Crippen LogP contribution in [0.1, 0.15) is 6.92 Å². The molecule has 7 N–H and O–H groups in total. The minimum absolute atomic E-state index is 0.219. The Morgan fingerprint density at radius 3 is 2.33 bits per heavy atom. The Kier molecular flexibility index (Phi) is 9.66. The molecule has 0 radical (unpaired) electrons. The van der Waals surface area contributed by atoms with Gasteiger partial charge in [-0.3, -0.25) is 4.79 Å². The Bertz CT molecular complexity index is 479. The molecule has 0 saturated carbocycles. The van der Waals surface area contributed by atoms with Gasteiger partial charge in [0.25, 0.3) is 0 Å². The van der Waals surface area contributed by atoms with Crippen LogP contribution in [0.5, 0.6) is 0 Å². The molecule has 0 aromatic rings. The minimum Gasteiger partial charge on any atom is -0.394 e. The number of amides is 1. The number of hydrogen-bond acceptors (Lipinski definition) is 11. The van der Waals surface area contributed by atoms with Crippen molar-refractivity contribution in [3.63, 3.8) is 0 Å². The third-order valence-electron chi connectivity index (χ3n) is 4.18. The van der Waals surface area contributed by atoms with Gasteiger partial charge in [0.2, 0.25) is 5.91 Å². The summed E-state index contributed by atoms with van der Waals surface area (Å²) in [6.45, 7) is -0.435. The van der Waals surface area contributed by atoms with Crippen molar-refractivity contribution < 1.29 is 54.4 Å². The molecule has 0 aliphatic carbocycles. The first kappa shape index (κ1) is 23.8. The van der Waals surface area contributed by atoms with Gasteiger partial charge in [-0.1, -0.05) is 0 Å². The van der Waals surface area contributed by atoms with Crippen LogP contribution < -0.4 is 5.32 Å². The lowest BCUT2D eigenvalue weighted by atomic mass is 9.98. The SMILES string of the molecule is CO[C@H]1[C@H](O[C@@H]([C@H](O)[C@H](C=O)NC(C)=O)[C@H](O)CO)O[C@H](CO)[C@H](O)[C@@H]1O. The number of methoxy groups -OCH3 is 1. The molecule has 0 unspecified atom stereocenters. The number of aldehydes is 1. The largest absolute Gasteiger partial charge is 0.394 e. The number of aliphatic hydroxyl groups is 6. The lowest BCUT2D eigenvalue weighted by Crippen LogP contribution is -2.62. The zero-order chi connectivity index (χ0) is 20.7. The molecule has 1 rings (SSSR count). The molecule has 1 saturated heterocycles. The van der Waals surface area contributed by atoms with E-state index in [-0.39, 0.29) is 6.29 Å². The third kappa shape index (κ3) is 5.88. The Hall–Kier alpha value is -1.22. The summed E-state index contributed by atoms with van der Waals surface area (Å²) < 4.78 is 15.7. The van der Waals surface area contributed by atoms with Crippen molar-refractivity contribution in [3.8, 4) is 0 Å². The summed E-state index contributed by atoms with van der Waals surface area (Å²) in [5, 5.41) is 60.9. The third-order valence-corrected chi connectivity index (χ3v) is 4.18. The van der Waals surface area contributed by atoms with E-state index < -0.39 is 74.2 Å². The standard InChI is InChI=1S/C15H27NO11/c1-6(20)16-7(3-17)10(22)13(8(21)4-18)27-15-14(25-2)12(24)11(23)9(5-19)26-15/h3,7-15,18-19,21-24H,4-5H2,1-2H3,(H,16,20)/t7-,8+,9+,10+,11-,12-,13+,14+,15-/m0/s1. The monoisotopic (exact) mass is 397 g/mol. The quantitative estimate of drug-likeness (QED) is 0.175. The van der Waals surface area contributed by atoms with Crippen molar-refractivity contribution in [2.45, 2.75) is 62.0 Å². The normalized spacial score (nSPS) is 33.0. The first-order valence-electron chi connectivity index (χ1n) is 8.21. The van der Waals surface area contributed by atoms with Crippen LogP contribution in [0, 0.1) is 0 Å². The first-order chi connectivity index (χ1) is 12.7. The van der Waals surface area contributed by atoms with E-state index in [0.29, 0.717) is 0 Å². The highest BCUT2D eigenvalue weighted by atomic mass is 16.7. The molecule has 9 atom stereocenters. The molecule has 12 nitrogen and oxygen atoms in total. The molecule has 1 amide bonds. The van der Waals surface area contributed by atoms with Gasteiger partial charge >= 0.3 is 0 Å². The zero-order valence-corrected chi connectivity index (χ0v) is 14.9. The second kappa shape index (κ2) is 10.9. The molecule has 0 bridgehead atoms. The van der Waals surface area contributed by atoms with Crippen LogP contribution in [0.4, 0.5) is 0 Å². The van der Waals surface area contributed by atoms with Crippen molar-refractivity contribution in [2.24, 2.45) is 0 Å². The summed E-state index contributed by atoms with van der Waals surface area (Å²) in [6.07, 6.45) is -12.0. The maximum Gasteiger partial charge on any atom is 0.217 e. The van der Waals surface area contributed by atoms with E-state index in [1.54, 1.807) is 0 Å². The van der Waals surface area contributed by atoms with Gasteiger partial charge in [-0.15, -0.1) is 0 Å². The van der Waals surface area contributed by atoms with E-state index in [2.05, 4.69) is 5.32 Å². The van der Waals surface area contributed by atoms with Gasteiger partial charge in [-0.25, -0.2) is 0 Å². The van der Waals surface area contributed by atoms with Crippen molar-refractivity contribution in [2.75, 3.05) is 20.3 Å². The Balaban J connectivity index is 3.06. The molecular weight excluding hydrogens is 370 g/mol. The van der Waals surface area contributed by atoms with Gasteiger partial charge < -0.3 is 55.0 Å². The topological polar surface area (TPSA) is 195 Å². The summed E-state index contributed by atoms with van der Waals surface area (Å²) in [5.41, 5.74) is 0. The number of carbonyl (C=O) groups is 2. The highest BCUT2D eigenvalue weighted by Gasteiger charge is 2.47. The first-order valence-corrected chi connectivity index (χ1v) is 8.21. The van der Waals surface area contributed by atoms with Crippen molar-refractivity contribution in [3.05, 3.63) is 0 Å². The van der Waals surface area contributed by atoms with E-state index in [0.717, 1.165) is 6.92 Å². The Labute approximate surface area is 155 Å². The minimum atomic E-state index is -1.80. The molecule has 0 aromatic carbocycles. The number of hydrogen-bond donors (Lipinski definition) is 7. The number of aliphatic hydroxyl groups excluding tert-OH is 6. The average molecular weight is 397 g/mol. The number of ether oxygens (including phenoxy) is 3. The molecule has 158 valence electrons. The van der Waals surface area contributed by atoms with E-state index >= 15 is 0 Å². The van der Waals surface area contributed by atoms with E-state index in [9.17, 15) is 40.2 Å². The highest BCUT2D eigenvalue weighted by molar-refractivity contribution is 5.77. The van der Waals surface area contributed by atoms with Crippen LogP contribution in [0.25, 0.3) is 0 Å². The van der Waals surface area contributed by atoms with Gasteiger partial charge in [0.05, 0.1) is 13.2 Å². The van der Waals surface area contributed by atoms with Gasteiger partial charge in [0.15, 0.2) is 6.29 Å². The highest BCUT2D eigenvalue weighted by Crippen LogP contribution is 2.26. The Morgan fingerprint density at radius 1 is 1.26 bits per heavy atom. The van der Waals surface area contributed by atoms with Gasteiger partial charge in [-0.05, 0) is 0 Å². The number of nitrogens with one attached hydrogen (secondary N) is 1. The molecule has 0 spiro atoms. The summed E-state index contributed by atoms with van der Waals surface area (Å²) in [5.74, 6) is -0.633. The lowest BCUT2D eigenvalue weighted by Gasteiger charge is -2.43. The maximum atomic E-state index is 11.2. The van der Waals surface area contributed by atoms with E-state index in [4.69, 9.17) is 14.2 Å². The smallest absolute Gasteiger partial charge is 0.217 e. The van der Waals surface area contributed by atoms with E-state index in [1.165, 1.54) is 7.11 Å². The fourth-order valence-electron chi connectivity index (χ4n) is 2.71. The van der Waals surface area contributed by atoms with E-state index in [1.807, 2.05) is 0 Å². The molecule has 27 heavy (non-hydrogen) atoms. The van der Waals surface area contributed by atoms with Crippen LogP contribution >= 0.6 is 0 Å². The predicted octanol–water partition coefficient (Wildman–Crippen LogP) is -4.76. The fraction of sp³-hybridized carbons (Fsp3) is 0.867. The fourth-order valence-corrected chi connectivity index (χ4v) is 2.71. The zero-order valence-electron chi connectivity index (χ0n) is 14.9. The summed E-state index contributed by atoms with van der Waals surface area (Å²) in [7, 11) is 1.18. The molecule has 12 heteroatoms. The number of carbonyl (C=O) groups excluding carboxylic acids is 2. The maximum absolute atomic E-state index is 11.2. The van der Waals surface area contributed by atoms with Gasteiger partial charge in [0, 0.05) is 14.0 Å². The molecule has 1 heterocycles.